The number of nitrogens with zero attached hydrogens (tertiary/aromatic N) is 3. The minimum Gasteiger partial charge on any atom is -0.371 e. The first-order valence-corrected chi connectivity index (χ1v) is 9.15. The second-order valence-corrected chi connectivity index (χ2v) is 7.58. The van der Waals surface area contributed by atoms with Crippen LogP contribution in [0, 0.1) is 5.92 Å². The molecule has 0 aromatic carbocycles. The minimum atomic E-state index is -0.0743. The Morgan fingerprint density at radius 1 is 1.42 bits per heavy atom. The predicted octanol–water partition coefficient (Wildman–Crippen LogP) is 2.51. The molecule has 1 saturated heterocycles. The van der Waals surface area contributed by atoms with E-state index in [9.17, 15) is 4.79 Å². The van der Waals surface area contributed by atoms with Crippen molar-refractivity contribution in [3.05, 3.63) is 18.0 Å². The molecule has 1 aliphatic carbocycles. The molecule has 1 aromatic rings. The van der Waals surface area contributed by atoms with E-state index in [4.69, 9.17) is 4.74 Å². The Balaban J connectivity index is 1.58. The molecule has 6 nitrogen and oxygen atoms in total. The Morgan fingerprint density at radius 2 is 2.17 bits per heavy atom. The second-order valence-electron chi connectivity index (χ2n) is 7.58. The molecule has 24 heavy (non-hydrogen) atoms. The monoisotopic (exact) mass is 334 g/mol. The van der Waals surface area contributed by atoms with E-state index >= 15 is 0 Å². The summed E-state index contributed by atoms with van der Waals surface area (Å²) >= 11 is 0. The third kappa shape index (κ3) is 3.58. The highest BCUT2D eigenvalue weighted by Crippen LogP contribution is 2.35. The lowest BCUT2D eigenvalue weighted by Crippen LogP contribution is -2.55. The Labute approximate surface area is 144 Å². The summed E-state index contributed by atoms with van der Waals surface area (Å²) in [5, 5.41) is 7.41. The third-order valence-electron chi connectivity index (χ3n) is 5.57. The fourth-order valence-electron chi connectivity index (χ4n) is 4.08. The number of nitrogens with one attached hydrogen (secondary N) is 1. The van der Waals surface area contributed by atoms with Gasteiger partial charge in [-0.25, -0.2) is 4.79 Å². The van der Waals surface area contributed by atoms with Crippen LogP contribution in [0.4, 0.5) is 4.79 Å². The molecule has 1 saturated carbocycles. The number of carbonyl (C=O) groups excluding carboxylic acids is 1. The Kier molecular flexibility index (Phi) is 5.13. The van der Waals surface area contributed by atoms with E-state index in [1.807, 2.05) is 28.9 Å². The van der Waals surface area contributed by atoms with Gasteiger partial charge in [-0.2, -0.15) is 5.10 Å². The fourth-order valence-corrected chi connectivity index (χ4v) is 4.08. The molecule has 3 rings (SSSR count). The zero-order valence-corrected chi connectivity index (χ0v) is 15.1. The van der Waals surface area contributed by atoms with Gasteiger partial charge in [0, 0.05) is 37.9 Å². The summed E-state index contributed by atoms with van der Waals surface area (Å²) in [6.07, 6.45) is 6.41. The van der Waals surface area contributed by atoms with Crippen molar-refractivity contribution in [3.63, 3.8) is 0 Å². The first-order valence-electron chi connectivity index (χ1n) is 9.15. The maximum Gasteiger partial charge on any atom is 0.317 e. The van der Waals surface area contributed by atoms with Gasteiger partial charge in [-0.3, -0.25) is 4.68 Å². The van der Waals surface area contributed by atoms with Crippen LogP contribution in [0.1, 0.15) is 51.1 Å². The van der Waals surface area contributed by atoms with E-state index in [1.165, 1.54) is 18.5 Å². The van der Waals surface area contributed by atoms with Crippen molar-refractivity contribution in [1.29, 1.82) is 0 Å². The number of aromatic nitrogens is 2. The van der Waals surface area contributed by atoms with Gasteiger partial charge < -0.3 is 15.0 Å². The van der Waals surface area contributed by atoms with Gasteiger partial charge in [0.1, 0.15) is 0 Å². The summed E-state index contributed by atoms with van der Waals surface area (Å²) in [7, 11) is 1.96. The average molecular weight is 334 g/mol. The Morgan fingerprint density at radius 3 is 2.79 bits per heavy atom. The number of rotatable bonds is 4. The van der Waals surface area contributed by atoms with Crippen LogP contribution in [0.3, 0.4) is 0 Å². The van der Waals surface area contributed by atoms with Gasteiger partial charge in [-0.15, -0.1) is 0 Å². The highest BCUT2D eigenvalue weighted by atomic mass is 16.5. The van der Waals surface area contributed by atoms with Crippen molar-refractivity contribution < 1.29 is 9.53 Å². The normalized spacial score (nSPS) is 21.4. The van der Waals surface area contributed by atoms with Gasteiger partial charge in [0.05, 0.1) is 18.8 Å². The Bertz CT molecular complexity index is 563. The third-order valence-corrected chi connectivity index (χ3v) is 5.57. The second kappa shape index (κ2) is 7.13. The maximum atomic E-state index is 12.7. The summed E-state index contributed by atoms with van der Waals surface area (Å²) in [6.45, 7) is 7.09. The molecule has 6 heteroatoms. The highest BCUT2D eigenvalue weighted by molar-refractivity contribution is 5.74. The van der Waals surface area contributed by atoms with Gasteiger partial charge in [0.15, 0.2) is 0 Å². The number of hydrogen-bond donors (Lipinski definition) is 1. The summed E-state index contributed by atoms with van der Waals surface area (Å²) in [4.78, 5) is 14.6. The maximum absolute atomic E-state index is 12.7. The van der Waals surface area contributed by atoms with Crippen molar-refractivity contribution in [1.82, 2.24) is 20.0 Å². The van der Waals surface area contributed by atoms with Crippen molar-refractivity contribution in [3.8, 4) is 0 Å². The average Bonchev–Trinajstić information content (AvgIpc) is 3.17. The van der Waals surface area contributed by atoms with Gasteiger partial charge in [-0.1, -0.05) is 26.7 Å². The smallest absolute Gasteiger partial charge is 0.317 e. The van der Waals surface area contributed by atoms with Gasteiger partial charge in [0.25, 0.3) is 0 Å². The molecule has 0 bridgehead atoms. The number of hydrogen-bond acceptors (Lipinski definition) is 3. The number of morpholine rings is 1. The van der Waals surface area contributed by atoms with E-state index in [1.54, 1.807) is 0 Å². The molecule has 1 unspecified atom stereocenters. The molecule has 2 aliphatic rings. The summed E-state index contributed by atoms with van der Waals surface area (Å²) in [6, 6.07) is 2.08. The van der Waals surface area contributed by atoms with Crippen LogP contribution < -0.4 is 5.32 Å². The van der Waals surface area contributed by atoms with Gasteiger partial charge in [0.2, 0.25) is 0 Å². The lowest BCUT2D eigenvalue weighted by molar-refractivity contribution is -0.0925. The molecule has 134 valence electrons. The van der Waals surface area contributed by atoms with Crippen molar-refractivity contribution >= 4 is 6.03 Å². The molecular formula is C18H30N4O2. The largest absolute Gasteiger partial charge is 0.371 e. The topological polar surface area (TPSA) is 59.4 Å². The summed E-state index contributed by atoms with van der Waals surface area (Å²) in [5.74, 6) is 0.703. The SMILES string of the molecule is CC(C)C(CNC(=O)N1CCOC2(CCCC2)C1)c1ccnn1C. The number of aryl methyl sites for hydroxylation is 1. The number of carbonyl (C=O) groups is 1. The van der Waals surface area contributed by atoms with Crippen LogP contribution >= 0.6 is 0 Å². The zero-order chi connectivity index (χ0) is 17.2. The van der Waals surface area contributed by atoms with Gasteiger partial charge >= 0.3 is 6.03 Å². The standard InChI is InChI=1S/C18H30N4O2/c1-14(2)15(16-6-9-20-21(16)3)12-19-17(23)22-10-11-24-18(13-22)7-4-5-8-18/h6,9,14-15H,4-5,7-8,10-13H2,1-3H3,(H,19,23). The molecule has 1 atom stereocenters. The molecule has 0 radical (unpaired) electrons. The lowest BCUT2D eigenvalue weighted by Gasteiger charge is -2.40. The quantitative estimate of drug-likeness (QED) is 0.920. The highest BCUT2D eigenvalue weighted by Gasteiger charge is 2.40. The fraction of sp³-hybridized carbons (Fsp3) is 0.778. The van der Waals surface area contributed by atoms with Crippen LogP contribution in [-0.4, -0.2) is 52.6 Å². The van der Waals surface area contributed by atoms with Crippen LogP contribution in [0.5, 0.6) is 0 Å². The molecule has 1 aliphatic heterocycles. The molecule has 2 fully saturated rings. The lowest BCUT2D eigenvalue weighted by atomic mass is 9.92. The van der Waals surface area contributed by atoms with E-state index in [0.717, 1.165) is 19.4 Å². The summed E-state index contributed by atoms with van der Waals surface area (Å²) in [5.41, 5.74) is 1.09. The summed E-state index contributed by atoms with van der Waals surface area (Å²) < 4.78 is 7.91. The van der Waals surface area contributed by atoms with E-state index < -0.39 is 0 Å². The number of ether oxygens (including phenoxy) is 1. The van der Waals surface area contributed by atoms with Crippen molar-refractivity contribution in [2.45, 2.75) is 51.0 Å². The predicted molar refractivity (Wildman–Crippen MR) is 92.9 cm³/mol. The first-order chi connectivity index (χ1) is 11.5. The van der Waals surface area contributed by atoms with Crippen LogP contribution in [0.25, 0.3) is 0 Å². The van der Waals surface area contributed by atoms with E-state index in [-0.39, 0.29) is 17.6 Å². The first kappa shape index (κ1) is 17.3. The molecule has 1 aromatic heterocycles. The molecule has 1 N–H and O–H groups in total. The molecule has 2 heterocycles. The van der Waals surface area contributed by atoms with Crippen LogP contribution in [0.15, 0.2) is 12.3 Å². The van der Waals surface area contributed by atoms with Gasteiger partial charge in [-0.05, 0) is 24.8 Å². The number of urea groups is 1. The van der Waals surface area contributed by atoms with Crippen molar-refractivity contribution in [2.75, 3.05) is 26.2 Å². The zero-order valence-electron chi connectivity index (χ0n) is 15.1. The van der Waals surface area contributed by atoms with Crippen LogP contribution in [-0.2, 0) is 11.8 Å². The Hall–Kier alpha value is -1.56. The molecule has 2 amide bonds. The number of amides is 2. The molecule has 1 spiro atoms. The van der Waals surface area contributed by atoms with E-state index in [2.05, 4.69) is 24.3 Å². The van der Waals surface area contributed by atoms with Crippen LogP contribution in [0.2, 0.25) is 0 Å². The van der Waals surface area contributed by atoms with Crippen molar-refractivity contribution in [2.24, 2.45) is 13.0 Å². The van der Waals surface area contributed by atoms with E-state index in [0.29, 0.717) is 25.6 Å². The molecular weight excluding hydrogens is 304 g/mol. The minimum absolute atomic E-state index is 0.0393.